The van der Waals surface area contributed by atoms with E-state index in [9.17, 15) is 0 Å². The summed E-state index contributed by atoms with van der Waals surface area (Å²) in [7, 11) is 0. The third kappa shape index (κ3) is 2.40. The summed E-state index contributed by atoms with van der Waals surface area (Å²) < 4.78 is 0. The highest BCUT2D eigenvalue weighted by atomic mass is 32.2. The molecule has 1 aromatic carbocycles. The number of hydrogen-bond donors (Lipinski definition) is 1. The molecule has 2 N–H and O–H groups in total. The van der Waals surface area contributed by atoms with E-state index in [1.54, 1.807) is 11.8 Å². The minimum Gasteiger partial charge on any atom is -0.312 e. The Morgan fingerprint density at radius 3 is 2.75 bits per heavy atom. The molecule has 2 rings (SSSR count). The first-order valence-electron chi connectivity index (χ1n) is 5.54. The van der Waals surface area contributed by atoms with Crippen molar-refractivity contribution in [3.05, 3.63) is 29.8 Å². The second-order valence-corrected chi connectivity index (χ2v) is 5.50. The van der Waals surface area contributed by atoms with Gasteiger partial charge in [-0.05, 0) is 37.3 Å². The van der Waals surface area contributed by atoms with Crippen molar-refractivity contribution in [1.82, 2.24) is 0 Å². The molecule has 0 amide bonds. The van der Waals surface area contributed by atoms with E-state index in [1.165, 1.54) is 10.5 Å². The molecule has 0 spiro atoms. The fraction of sp³-hybridized carbons (Fsp3) is 0.462. The molecule has 84 valence electrons. The van der Waals surface area contributed by atoms with Crippen LogP contribution < -0.4 is 5.73 Å². The van der Waals surface area contributed by atoms with Gasteiger partial charge in [-0.3, -0.25) is 0 Å². The zero-order valence-electron chi connectivity index (χ0n) is 9.44. The zero-order chi connectivity index (χ0) is 11.6. The summed E-state index contributed by atoms with van der Waals surface area (Å²) in [6.07, 6.45) is 2.22. The predicted molar refractivity (Wildman–Crippen MR) is 67.2 cm³/mol. The summed E-state index contributed by atoms with van der Waals surface area (Å²) in [4.78, 5) is 1.23. The number of thioether (sulfide) groups is 1. The molecule has 3 heteroatoms. The van der Waals surface area contributed by atoms with Crippen molar-refractivity contribution < 1.29 is 0 Å². The van der Waals surface area contributed by atoms with E-state index >= 15 is 0 Å². The van der Waals surface area contributed by atoms with Gasteiger partial charge in [0.2, 0.25) is 0 Å². The van der Waals surface area contributed by atoms with Gasteiger partial charge in [0.1, 0.15) is 5.54 Å². The second kappa shape index (κ2) is 4.48. The lowest BCUT2D eigenvalue weighted by Crippen LogP contribution is -2.43. The molecule has 0 aliphatic heterocycles. The molecular formula is C13H16N2S. The van der Waals surface area contributed by atoms with E-state index in [0.717, 1.165) is 12.8 Å². The third-order valence-electron chi connectivity index (χ3n) is 3.07. The number of nitrogens with zero attached hydrogens (tertiary/aromatic N) is 1. The van der Waals surface area contributed by atoms with Crippen LogP contribution in [-0.2, 0) is 0 Å². The van der Waals surface area contributed by atoms with E-state index in [-0.39, 0.29) is 0 Å². The van der Waals surface area contributed by atoms with Crippen LogP contribution in [0.3, 0.4) is 0 Å². The Kier molecular flexibility index (Phi) is 3.22. The van der Waals surface area contributed by atoms with Crippen molar-refractivity contribution in [3.8, 4) is 6.07 Å². The first-order chi connectivity index (χ1) is 7.65. The van der Waals surface area contributed by atoms with E-state index in [4.69, 9.17) is 11.0 Å². The molecule has 1 aromatic rings. The molecule has 0 saturated heterocycles. The molecule has 16 heavy (non-hydrogen) atoms. The van der Waals surface area contributed by atoms with Gasteiger partial charge in [-0.2, -0.15) is 5.26 Å². The van der Waals surface area contributed by atoms with Gasteiger partial charge in [-0.25, -0.2) is 0 Å². The second-order valence-electron chi connectivity index (χ2n) is 4.48. The Balaban J connectivity index is 2.02. The minimum atomic E-state index is -0.632. The quantitative estimate of drug-likeness (QED) is 0.812. The van der Waals surface area contributed by atoms with Crippen LogP contribution >= 0.6 is 11.8 Å². The zero-order valence-corrected chi connectivity index (χ0v) is 10.3. The predicted octanol–water partition coefficient (Wildman–Crippen LogP) is 2.72. The summed E-state index contributed by atoms with van der Waals surface area (Å²) in [5.41, 5.74) is 6.74. The van der Waals surface area contributed by atoms with Gasteiger partial charge in [0.25, 0.3) is 0 Å². The smallest absolute Gasteiger partial charge is 0.116 e. The SMILES string of the molecule is Cc1ccccc1SCC(N)(C#N)C1CC1. The first-order valence-corrected chi connectivity index (χ1v) is 6.53. The maximum absolute atomic E-state index is 9.15. The van der Waals surface area contributed by atoms with Gasteiger partial charge in [0.15, 0.2) is 0 Å². The highest BCUT2D eigenvalue weighted by Gasteiger charge is 2.42. The van der Waals surface area contributed by atoms with E-state index in [2.05, 4.69) is 25.1 Å². The number of nitrogens with two attached hydrogens (primary N) is 1. The van der Waals surface area contributed by atoms with Crippen molar-refractivity contribution in [2.24, 2.45) is 11.7 Å². The standard InChI is InChI=1S/C13H16N2S/c1-10-4-2-3-5-12(10)16-9-13(15,8-14)11-6-7-11/h2-5,11H,6-7,9,15H2,1H3. The lowest BCUT2D eigenvalue weighted by Gasteiger charge is -2.20. The number of benzene rings is 1. The van der Waals surface area contributed by atoms with Gasteiger partial charge in [0, 0.05) is 10.6 Å². The largest absolute Gasteiger partial charge is 0.312 e. The Labute approximate surface area is 101 Å². The number of hydrogen-bond acceptors (Lipinski definition) is 3. The van der Waals surface area contributed by atoms with Crippen LogP contribution in [0.2, 0.25) is 0 Å². The third-order valence-corrected chi connectivity index (χ3v) is 4.47. The van der Waals surface area contributed by atoms with Gasteiger partial charge >= 0.3 is 0 Å². The van der Waals surface area contributed by atoms with E-state index in [1.807, 2.05) is 12.1 Å². The van der Waals surface area contributed by atoms with Gasteiger partial charge in [0.05, 0.1) is 6.07 Å². The Morgan fingerprint density at radius 2 is 2.19 bits per heavy atom. The first kappa shape index (κ1) is 11.5. The molecule has 0 bridgehead atoms. The summed E-state index contributed by atoms with van der Waals surface area (Å²) in [6.45, 7) is 2.09. The average molecular weight is 232 g/mol. The molecule has 0 aromatic heterocycles. The highest BCUT2D eigenvalue weighted by molar-refractivity contribution is 7.99. The molecule has 1 unspecified atom stereocenters. The van der Waals surface area contributed by atoms with Crippen LogP contribution in [0.25, 0.3) is 0 Å². The molecule has 0 radical (unpaired) electrons. The van der Waals surface area contributed by atoms with Crippen LogP contribution in [0.4, 0.5) is 0 Å². The monoisotopic (exact) mass is 232 g/mol. The molecule has 1 aliphatic carbocycles. The maximum atomic E-state index is 9.15. The molecule has 1 atom stereocenters. The number of aryl methyl sites for hydroxylation is 1. The summed E-state index contributed by atoms with van der Waals surface area (Å²) in [6, 6.07) is 10.5. The van der Waals surface area contributed by atoms with E-state index in [0.29, 0.717) is 11.7 Å². The number of rotatable bonds is 4. The topological polar surface area (TPSA) is 49.8 Å². The van der Waals surface area contributed by atoms with Crippen molar-refractivity contribution >= 4 is 11.8 Å². The molecule has 1 aliphatic rings. The lowest BCUT2D eigenvalue weighted by atomic mass is 10.00. The van der Waals surface area contributed by atoms with E-state index < -0.39 is 5.54 Å². The Bertz CT molecular complexity index is 420. The van der Waals surface area contributed by atoms with Crippen LogP contribution in [0.1, 0.15) is 18.4 Å². The molecular weight excluding hydrogens is 216 g/mol. The average Bonchev–Trinajstić information content (AvgIpc) is 3.12. The van der Waals surface area contributed by atoms with Crippen molar-refractivity contribution in [3.63, 3.8) is 0 Å². The van der Waals surface area contributed by atoms with Gasteiger partial charge < -0.3 is 5.73 Å². The summed E-state index contributed by atoms with van der Waals surface area (Å²) >= 11 is 1.70. The van der Waals surface area contributed by atoms with Crippen LogP contribution in [0.5, 0.6) is 0 Å². The molecule has 2 nitrogen and oxygen atoms in total. The fourth-order valence-corrected chi connectivity index (χ4v) is 2.92. The summed E-state index contributed by atoms with van der Waals surface area (Å²) in [5, 5.41) is 9.15. The Hall–Kier alpha value is -0.980. The molecule has 1 saturated carbocycles. The van der Waals surface area contributed by atoms with Crippen LogP contribution in [-0.4, -0.2) is 11.3 Å². The van der Waals surface area contributed by atoms with Crippen LogP contribution in [0.15, 0.2) is 29.2 Å². The lowest BCUT2D eigenvalue weighted by molar-refractivity contribution is 0.532. The summed E-state index contributed by atoms with van der Waals surface area (Å²) in [5.74, 6) is 1.10. The highest BCUT2D eigenvalue weighted by Crippen LogP contribution is 2.40. The van der Waals surface area contributed by atoms with Crippen molar-refractivity contribution in [2.75, 3.05) is 5.75 Å². The minimum absolute atomic E-state index is 0.411. The molecule has 0 heterocycles. The van der Waals surface area contributed by atoms with Crippen molar-refractivity contribution in [1.29, 1.82) is 5.26 Å². The normalized spacial score (nSPS) is 18.8. The van der Waals surface area contributed by atoms with Gasteiger partial charge in [-0.1, -0.05) is 18.2 Å². The number of nitriles is 1. The fourth-order valence-electron chi connectivity index (χ4n) is 1.76. The maximum Gasteiger partial charge on any atom is 0.116 e. The Morgan fingerprint density at radius 1 is 1.50 bits per heavy atom. The molecule has 1 fully saturated rings. The van der Waals surface area contributed by atoms with Crippen LogP contribution in [0, 0.1) is 24.2 Å². The van der Waals surface area contributed by atoms with Gasteiger partial charge in [-0.15, -0.1) is 11.8 Å². The van der Waals surface area contributed by atoms with Crippen molar-refractivity contribution in [2.45, 2.75) is 30.2 Å².